The standard InChI is InChI=1S/C18H18F3N5OS/c19-18(20,21)13-2-3-15(22-10-13)25-6-1-5-24(7-8-25)12-26-11-23-14-4-9-28-16(14)17(26)27/h2-4,9-11H,1,5-8,12H2. The molecule has 1 aliphatic rings. The maximum Gasteiger partial charge on any atom is 0.417 e. The number of nitrogens with zero attached hydrogens (tertiary/aromatic N) is 5. The number of halogens is 3. The highest BCUT2D eigenvalue weighted by atomic mass is 32.1. The lowest BCUT2D eigenvalue weighted by Gasteiger charge is -2.23. The molecule has 1 fully saturated rings. The van der Waals surface area contributed by atoms with Gasteiger partial charge >= 0.3 is 6.18 Å². The van der Waals surface area contributed by atoms with E-state index >= 15 is 0 Å². The second-order valence-corrected chi connectivity index (χ2v) is 7.57. The first kappa shape index (κ1) is 18.9. The molecule has 0 saturated carbocycles. The monoisotopic (exact) mass is 409 g/mol. The average Bonchev–Trinajstić information content (AvgIpc) is 3.03. The van der Waals surface area contributed by atoms with Crippen molar-refractivity contribution in [3.63, 3.8) is 0 Å². The number of rotatable bonds is 3. The molecule has 0 amide bonds. The fourth-order valence-electron chi connectivity index (χ4n) is 3.28. The largest absolute Gasteiger partial charge is 0.417 e. The number of hydrogen-bond donors (Lipinski definition) is 0. The second-order valence-electron chi connectivity index (χ2n) is 6.66. The molecule has 6 nitrogen and oxygen atoms in total. The molecule has 0 aromatic carbocycles. The van der Waals surface area contributed by atoms with Crippen LogP contribution in [-0.4, -0.2) is 45.6 Å². The van der Waals surface area contributed by atoms with E-state index in [1.165, 1.54) is 17.4 Å². The lowest BCUT2D eigenvalue weighted by atomic mass is 10.2. The summed E-state index contributed by atoms with van der Waals surface area (Å²) in [5.74, 6) is 0.536. The summed E-state index contributed by atoms with van der Waals surface area (Å²) >= 11 is 1.38. The van der Waals surface area contributed by atoms with Crippen molar-refractivity contribution in [1.82, 2.24) is 19.4 Å². The van der Waals surface area contributed by atoms with Gasteiger partial charge < -0.3 is 4.90 Å². The molecule has 3 aromatic rings. The zero-order chi connectivity index (χ0) is 19.7. The number of hydrogen-bond acceptors (Lipinski definition) is 6. The first-order valence-corrected chi connectivity index (χ1v) is 9.73. The predicted octanol–water partition coefficient (Wildman–Crippen LogP) is 3.04. The Bertz CT molecular complexity index is 1010. The van der Waals surface area contributed by atoms with Gasteiger partial charge in [0, 0.05) is 32.4 Å². The third kappa shape index (κ3) is 3.88. The molecule has 0 bridgehead atoms. The molecule has 3 aromatic heterocycles. The first-order valence-electron chi connectivity index (χ1n) is 8.85. The van der Waals surface area contributed by atoms with Crippen LogP contribution in [0.1, 0.15) is 12.0 Å². The van der Waals surface area contributed by atoms with Gasteiger partial charge in [-0.05, 0) is 30.0 Å². The van der Waals surface area contributed by atoms with Crippen LogP contribution in [0.2, 0.25) is 0 Å². The molecule has 0 radical (unpaired) electrons. The Kier molecular flexibility index (Phi) is 5.07. The van der Waals surface area contributed by atoms with Crippen LogP contribution in [0.4, 0.5) is 19.0 Å². The summed E-state index contributed by atoms with van der Waals surface area (Å²) in [4.78, 5) is 25.0. The second kappa shape index (κ2) is 7.51. The molecule has 10 heteroatoms. The van der Waals surface area contributed by atoms with E-state index in [1.54, 1.807) is 10.9 Å². The lowest BCUT2D eigenvalue weighted by Crippen LogP contribution is -2.35. The van der Waals surface area contributed by atoms with Gasteiger partial charge in [-0.15, -0.1) is 11.3 Å². The van der Waals surface area contributed by atoms with Crippen molar-refractivity contribution in [2.75, 3.05) is 31.1 Å². The van der Waals surface area contributed by atoms with Gasteiger partial charge in [0.25, 0.3) is 5.56 Å². The number of aromatic nitrogens is 3. The third-order valence-corrected chi connectivity index (χ3v) is 5.67. The summed E-state index contributed by atoms with van der Waals surface area (Å²) in [7, 11) is 0. The van der Waals surface area contributed by atoms with E-state index < -0.39 is 11.7 Å². The van der Waals surface area contributed by atoms with Gasteiger partial charge in [0.05, 0.1) is 24.1 Å². The van der Waals surface area contributed by atoms with Gasteiger partial charge in [-0.3, -0.25) is 14.3 Å². The van der Waals surface area contributed by atoms with Gasteiger partial charge in [-0.2, -0.15) is 13.2 Å². The molecule has 4 heterocycles. The van der Waals surface area contributed by atoms with E-state index in [0.29, 0.717) is 42.3 Å². The SMILES string of the molecule is O=c1c2sccc2ncn1CN1CCCN(c2ccc(C(F)(F)F)cn2)CC1. The van der Waals surface area contributed by atoms with Crippen molar-refractivity contribution in [1.29, 1.82) is 0 Å². The summed E-state index contributed by atoms with van der Waals surface area (Å²) in [5, 5.41) is 1.85. The maximum atomic E-state index is 12.7. The minimum Gasteiger partial charge on any atom is -0.355 e. The van der Waals surface area contributed by atoms with Crippen molar-refractivity contribution in [2.24, 2.45) is 0 Å². The zero-order valence-corrected chi connectivity index (χ0v) is 15.7. The molecule has 0 atom stereocenters. The zero-order valence-electron chi connectivity index (χ0n) is 14.9. The maximum absolute atomic E-state index is 12.7. The van der Waals surface area contributed by atoms with Crippen LogP contribution >= 0.6 is 11.3 Å². The quantitative estimate of drug-likeness (QED) is 0.666. The number of alkyl halides is 3. The molecule has 148 valence electrons. The van der Waals surface area contributed by atoms with Gasteiger partial charge in [-0.1, -0.05) is 0 Å². The van der Waals surface area contributed by atoms with Gasteiger partial charge in [0.15, 0.2) is 0 Å². The molecular formula is C18H18F3N5OS. The number of anilines is 1. The highest BCUT2D eigenvalue weighted by Gasteiger charge is 2.31. The number of thiophene rings is 1. The smallest absolute Gasteiger partial charge is 0.355 e. The van der Waals surface area contributed by atoms with Crippen LogP contribution in [0.15, 0.2) is 40.9 Å². The summed E-state index contributed by atoms with van der Waals surface area (Å²) in [5.41, 5.74) is -0.0873. The molecule has 0 aliphatic carbocycles. The topological polar surface area (TPSA) is 54.3 Å². The normalized spacial score (nSPS) is 16.5. The molecule has 4 rings (SSSR count). The van der Waals surface area contributed by atoms with Crippen molar-refractivity contribution in [3.8, 4) is 0 Å². The van der Waals surface area contributed by atoms with Crippen molar-refractivity contribution >= 4 is 27.4 Å². The minimum absolute atomic E-state index is 0.0505. The Morgan fingerprint density at radius 3 is 2.68 bits per heavy atom. The van der Waals surface area contributed by atoms with E-state index in [1.807, 2.05) is 16.3 Å². The van der Waals surface area contributed by atoms with Gasteiger partial charge in [0.2, 0.25) is 0 Å². The first-order chi connectivity index (χ1) is 13.4. The van der Waals surface area contributed by atoms with E-state index in [4.69, 9.17) is 0 Å². The number of fused-ring (bicyclic) bond motifs is 1. The van der Waals surface area contributed by atoms with E-state index in [0.717, 1.165) is 25.2 Å². The molecule has 1 aliphatic heterocycles. The highest BCUT2D eigenvalue weighted by Crippen LogP contribution is 2.29. The Hall–Kier alpha value is -2.46. The minimum atomic E-state index is -4.38. The summed E-state index contributed by atoms with van der Waals surface area (Å²) in [6.45, 7) is 3.23. The summed E-state index contributed by atoms with van der Waals surface area (Å²) in [6.07, 6.45) is -1.12. The Morgan fingerprint density at radius 2 is 1.93 bits per heavy atom. The molecular weight excluding hydrogens is 391 g/mol. The fourth-order valence-corrected chi connectivity index (χ4v) is 4.07. The van der Waals surface area contributed by atoms with Crippen LogP contribution in [0, 0.1) is 0 Å². The molecule has 0 spiro atoms. The lowest BCUT2D eigenvalue weighted by molar-refractivity contribution is -0.137. The molecule has 1 saturated heterocycles. The third-order valence-electron chi connectivity index (χ3n) is 4.78. The Morgan fingerprint density at radius 1 is 1.07 bits per heavy atom. The van der Waals surface area contributed by atoms with Crippen molar-refractivity contribution in [2.45, 2.75) is 19.3 Å². The van der Waals surface area contributed by atoms with E-state index in [2.05, 4.69) is 14.9 Å². The predicted molar refractivity (Wildman–Crippen MR) is 102 cm³/mol. The van der Waals surface area contributed by atoms with Crippen molar-refractivity contribution in [3.05, 3.63) is 52.0 Å². The van der Waals surface area contributed by atoms with Crippen LogP contribution in [0.25, 0.3) is 10.2 Å². The Labute approximate surface area is 162 Å². The highest BCUT2D eigenvalue weighted by molar-refractivity contribution is 7.17. The molecule has 0 unspecified atom stereocenters. The van der Waals surface area contributed by atoms with Crippen LogP contribution in [-0.2, 0) is 12.8 Å². The van der Waals surface area contributed by atoms with Gasteiger partial charge in [-0.25, -0.2) is 9.97 Å². The van der Waals surface area contributed by atoms with Crippen LogP contribution < -0.4 is 10.5 Å². The molecule has 28 heavy (non-hydrogen) atoms. The average molecular weight is 409 g/mol. The number of pyridine rings is 1. The summed E-state index contributed by atoms with van der Waals surface area (Å²) < 4.78 is 40.4. The van der Waals surface area contributed by atoms with Gasteiger partial charge in [0.1, 0.15) is 10.5 Å². The van der Waals surface area contributed by atoms with Crippen molar-refractivity contribution < 1.29 is 13.2 Å². The van der Waals surface area contributed by atoms with E-state index in [9.17, 15) is 18.0 Å². The van der Waals surface area contributed by atoms with Crippen LogP contribution in [0.3, 0.4) is 0 Å². The summed E-state index contributed by atoms with van der Waals surface area (Å²) in [6, 6.07) is 4.30. The van der Waals surface area contributed by atoms with E-state index in [-0.39, 0.29) is 5.56 Å². The Balaban J connectivity index is 1.43. The fraction of sp³-hybridized carbons (Fsp3) is 0.389. The van der Waals surface area contributed by atoms with Crippen LogP contribution in [0.5, 0.6) is 0 Å². The molecule has 0 N–H and O–H groups in total.